The Balaban J connectivity index is 1.56. The molecule has 12 heteroatoms. The quantitative estimate of drug-likeness (QED) is 0.219. The molecule has 0 fully saturated rings. The Morgan fingerprint density at radius 1 is 1.36 bits per heavy atom. The van der Waals surface area contributed by atoms with Gasteiger partial charge in [-0.15, -0.1) is 21.5 Å². The molecule has 146 valence electrons. The summed E-state index contributed by atoms with van der Waals surface area (Å²) < 4.78 is 6.38. The lowest BCUT2D eigenvalue weighted by atomic mass is 10.1. The Kier molecular flexibility index (Phi) is 6.45. The van der Waals surface area contributed by atoms with Crippen LogP contribution in [-0.4, -0.2) is 44.3 Å². The molecule has 0 aliphatic heterocycles. The zero-order chi connectivity index (χ0) is 19.9. The van der Waals surface area contributed by atoms with E-state index >= 15 is 0 Å². The second-order valence-electron chi connectivity index (χ2n) is 5.39. The summed E-state index contributed by atoms with van der Waals surface area (Å²) in [5.41, 5.74) is 4.44. The van der Waals surface area contributed by atoms with E-state index < -0.39 is 0 Å². The van der Waals surface area contributed by atoms with Gasteiger partial charge in [-0.1, -0.05) is 11.8 Å². The third-order valence-corrected chi connectivity index (χ3v) is 5.14. The molecule has 3 aromatic rings. The van der Waals surface area contributed by atoms with Crippen molar-refractivity contribution in [3.8, 4) is 5.75 Å². The van der Waals surface area contributed by atoms with Crippen LogP contribution in [0, 0.1) is 0 Å². The minimum atomic E-state index is -0.203. The number of ether oxygens (including phenoxy) is 1. The molecule has 0 spiro atoms. The van der Waals surface area contributed by atoms with Gasteiger partial charge in [-0.25, -0.2) is 15.1 Å². The largest absolute Gasteiger partial charge is 0.497 e. The topological polar surface area (TPSA) is 132 Å². The molecule has 0 saturated heterocycles. The first-order chi connectivity index (χ1) is 13.6. The minimum absolute atomic E-state index is 0.128. The number of hydrogen-bond donors (Lipinski definition) is 3. The highest BCUT2D eigenvalue weighted by Gasteiger charge is 2.13. The number of nitrogens with one attached hydrogen (secondary N) is 2. The third-order valence-electron chi connectivity index (χ3n) is 3.51. The number of nitrogen functional groups attached to an aromatic ring is 1. The Morgan fingerprint density at radius 2 is 2.14 bits per heavy atom. The van der Waals surface area contributed by atoms with Gasteiger partial charge in [0.25, 0.3) is 5.95 Å². The normalized spacial score (nSPS) is 11.3. The monoisotopic (exact) mass is 418 g/mol. The first-order valence-corrected chi connectivity index (χ1v) is 9.90. The predicted octanol–water partition coefficient (Wildman–Crippen LogP) is 2.02. The van der Waals surface area contributed by atoms with Crippen LogP contribution in [0.5, 0.6) is 5.75 Å². The van der Waals surface area contributed by atoms with Crippen molar-refractivity contribution in [1.82, 2.24) is 19.9 Å². The van der Waals surface area contributed by atoms with Gasteiger partial charge < -0.3 is 15.9 Å². The van der Waals surface area contributed by atoms with Crippen molar-refractivity contribution in [2.45, 2.75) is 12.1 Å². The van der Waals surface area contributed by atoms with Gasteiger partial charge >= 0.3 is 0 Å². The lowest BCUT2D eigenvalue weighted by Crippen LogP contribution is -2.17. The van der Waals surface area contributed by atoms with E-state index in [2.05, 4.69) is 31.0 Å². The number of carbonyl (C=O) groups is 1. The molecule has 0 aliphatic carbocycles. The number of anilines is 2. The highest BCUT2D eigenvalue weighted by Crippen LogP contribution is 2.18. The summed E-state index contributed by atoms with van der Waals surface area (Å²) in [6, 6.07) is 7.50. The van der Waals surface area contributed by atoms with Crippen LogP contribution in [-0.2, 0) is 4.79 Å². The number of benzene rings is 1. The van der Waals surface area contributed by atoms with Crippen LogP contribution < -0.4 is 21.3 Å². The van der Waals surface area contributed by atoms with Crippen LogP contribution in [0.2, 0.25) is 0 Å². The highest BCUT2D eigenvalue weighted by molar-refractivity contribution is 7.99. The number of amides is 1. The first-order valence-electron chi connectivity index (χ1n) is 8.04. The van der Waals surface area contributed by atoms with Crippen LogP contribution in [0.3, 0.4) is 0 Å². The molecule has 0 unspecified atom stereocenters. The molecule has 0 saturated carbocycles. The molecule has 2 heterocycles. The average Bonchev–Trinajstić information content (AvgIpc) is 3.34. The van der Waals surface area contributed by atoms with E-state index in [9.17, 15) is 4.79 Å². The van der Waals surface area contributed by atoms with E-state index in [4.69, 9.17) is 10.6 Å². The van der Waals surface area contributed by atoms with E-state index in [0.29, 0.717) is 10.3 Å². The van der Waals surface area contributed by atoms with Crippen LogP contribution in [0.1, 0.15) is 12.5 Å². The van der Waals surface area contributed by atoms with Gasteiger partial charge in [0.1, 0.15) is 5.75 Å². The van der Waals surface area contributed by atoms with Crippen LogP contribution in [0.25, 0.3) is 0 Å². The zero-order valence-electron chi connectivity index (χ0n) is 15.1. The van der Waals surface area contributed by atoms with Crippen molar-refractivity contribution in [3.05, 3.63) is 41.4 Å². The summed E-state index contributed by atoms with van der Waals surface area (Å²) in [7, 11) is 1.61. The smallest absolute Gasteiger partial charge is 0.264 e. The molecule has 0 aliphatic rings. The van der Waals surface area contributed by atoms with E-state index in [-0.39, 0.29) is 17.6 Å². The lowest BCUT2D eigenvalue weighted by Gasteiger charge is -2.05. The van der Waals surface area contributed by atoms with Crippen LogP contribution in [0.4, 0.5) is 11.1 Å². The van der Waals surface area contributed by atoms with E-state index in [1.54, 1.807) is 18.7 Å². The summed E-state index contributed by atoms with van der Waals surface area (Å²) in [4.78, 5) is 15.9. The maximum absolute atomic E-state index is 11.9. The number of hydrazone groups is 1. The third kappa shape index (κ3) is 4.98. The molecule has 10 nitrogen and oxygen atoms in total. The van der Waals surface area contributed by atoms with E-state index in [1.807, 2.05) is 31.2 Å². The minimum Gasteiger partial charge on any atom is -0.497 e. The summed E-state index contributed by atoms with van der Waals surface area (Å²) in [6.45, 7) is 1.85. The fourth-order valence-electron chi connectivity index (χ4n) is 2.05. The predicted molar refractivity (Wildman–Crippen MR) is 110 cm³/mol. The number of aromatic nitrogens is 4. The number of hydrogen-bond acceptors (Lipinski definition) is 10. The fourth-order valence-corrected chi connectivity index (χ4v) is 3.25. The van der Waals surface area contributed by atoms with Gasteiger partial charge in [-0.2, -0.15) is 5.10 Å². The maximum atomic E-state index is 11.9. The Labute approximate surface area is 169 Å². The number of thiazole rings is 1. The van der Waals surface area contributed by atoms with Crippen molar-refractivity contribution in [3.63, 3.8) is 0 Å². The van der Waals surface area contributed by atoms with E-state index in [0.717, 1.165) is 28.8 Å². The Hall–Kier alpha value is -3.12. The van der Waals surface area contributed by atoms with Crippen molar-refractivity contribution in [2.75, 3.05) is 29.4 Å². The second-order valence-corrected chi connectivity index (χ2v) is 7.22. The summed E-state index contributed by atoms with van der Waals surface area (Å²) in [5.74, 6) is 6.92. The molecule has 0 bridgehead atoms. The van der Waals surface area contributed by atoms with Gasteiger partial charge in [-0.3, -0.25) is 4.79 Å². The highest BCUT2D eigenvalue weighted by atomic mass is 32.2. The number of rotatable bonds is 8. The summed E-state index contributed by atoms with van der Waals surface area (Å²) >= 11 is 2.51. The number of nitrogens with two attached hydrogens (primary N) is 1. The average molecular weight is 419 g/mol. The van der Waals surface area contributed by atoms with E-state index in [1.165, 1.54) is 16.0 Å². The molecule has 1 aromatic carbocycles. The molecule has 3 rings (SSSR count). The zero-order valence-corrected chi connectivity index (χ0v) is 16.8. The molecule has 0 atom stereocenters. The molecule has 1 amide bonds. The molecule has 2 aromatic heterocycles. The van der Waals surface area contributed by atoms with Gasteiger partial charge in [0.15, 0.2) is 5.13 Å². The van der Waals surface area contributed by atoms with Crippen molar-refractivity contribution < 1.29 is 9.53 Å². The van der Waals surface area contributed by atoms with Gasteiger partial charge in [0.2, 0.25) is 11.1 Å². The van der Waals surface area contributed by atoms with Crippen LogP contribution >= 0.6 is 23.1 Å². The number of thioether (sulfide) groups is 1. The SMILES string of the molecule is COc1ccc(/C(C)=N/Nc2nnc(SCC(=O)Nc3nccs3)n2N)cc1. The number of methoxy groups -OCH3 is 1. The first kappa shape index (κ1) is 19.6. The lowest BCUT2D eigenvalue weighted by molar-refractivity contribution is -0.113. The van der Waals surface area contributed by atoms with Gasteiger partial charge in [0.05, 0.1) is 18.6 Å². The molecule has 4 N–H and O–H groups in total. The summed E-state index contributed by atoms with van der Waals surface area (Å²) in [5, 5.41) is 17.6. The van der Waals surface area contributed by atoms with Crippen molar-refractivity contribution in [1.29, 1.82) is 0 Å². The second kappa shape index (κ2) is 9.19. The molecular formula is C16H18N8O2S2. The van der Waals surface area contributed by atoms with Crippen molar-refractivity contribution >= 4 is 45.8 Å². The molecule has 0 radical (unpaired) electrons. The fraction of sp³-hybridized carbons (Fsp3) is 0.188. The van der Waals surface area contributed by atoms with Crippen molar-refractivity contribution in [2.24, 2.45) is 5.10 Å². The van der Waals surface area contributed by atoms with Gasteiger partial charge in [0, 0.05) is 11.6 Å². The maximum Gasteiger partial charge on any atom is 0.264 e. The number of nitrogens with zero attached hydrogens (tertiary/aromatic N) is 5. The number of carbonyl (C=O) groups excluding carboxylic acids is 1. The molecular weight excluding hydrogens is 400 g/mol. The Bertz CT molecular complexity index is 954. The molecule has 28 heavy (non-hydrogen) atoms. The summed E-state index contributed by atoms with van der Waals surface area (Å²) in [6.07, 6.45) is 1.62. The Morgan fingerprint density at radius 3 is 2.82 bits per heavy atom. The van der Waals surface area contributed by atoms with Crippen LogP contribution in [0.15, 0.2) is 46.1 Å². The standard InChI is InChI=1S/C16H18N8O2S2/c1-10(11-3-5-12(26-2)6-4-11)20-21-14-22-23-16(24(14)17)28-9-13(25)19-15-18-7-8-27-15/h3-8H,9,17H2,1-2H3,(H,21,22)(H,18,19,25)/b20-10+. The van der Waals surface area contributed by atoms with Gasteiger partial charge in [-0.05, 0) is 36.8 Å².